The van der Waals surface area contributed by atoms with E-state index in [1.165, 1.54) is 12.1 Å². The van der Waals surface area contributed by atoms with Gasteiger partial charge in [0.05, 0.1) is 0 Å². The topological polar surface area (TPSA) is 38.3 Å². The molecule has 0 spiro atoms. The minimum absolute atomic E-state index is 0.0128. The van der Waals surface area contributed by atoms with Crippen LogP contribution in [0.2, 0.25) is 0 Å². The highest BCUT2D eigenvalue weighted by molar-refractivity contribution is 5.67. The molecular formula is C24H28FNO2. The molecule has 0 saturated heterocycles. The summed E-state index contributed by atoms with van der Waals surface area (Å²) in [6.45, 7) is 4.07. The molecule has 0 bridgehead atoms. The van der Waals surface area contributed by atoms with E-state index in [0.717, 1.165) is 43.2 Å². The van der Waals surface area contributed by atoms with Crippen LogP contribution in [-0.4, -0.2) is 12.1 Å². The zero-order valence-electron chi connectivity index (χ0n) is 16.1. The molecule has 3 nitrogen and oxygen atoms in total. The minimum atomic E-state index is -0.386. The molecule has 1 aliphatic rings. The number of carbonyl (C=O) groups is 1. The van der Waals surface area contributed by atoms with Crippen LogP contribution >= 0.6 is 0 Å². The summed E-state index contributed by atoms with van der Waals surface area (Å²) < 4.78 is 18.7. The van der Waals surface area contributed by atoms with Gasteiger partial charge in [-0.2, -0.15) is 0 Å². The maximum Gasteiger partial charge on any atom is 0.407 e. The fraction of sp³-hybridized carbons (Fsp3) is 0.375. The van der Waals surface area contributed by atoms with E-state index in [-0.39, 0.29) is 24.6 Å². The molecule has 1 N–H and O–H groups in total. The van der Waals surface area contributed by atoms with Crippen molar-refractivity contribution in [1.29, 1.82) is 0 Å². The number of allylic oxidation sites excluding steroid dienone is 1. The molecule has 2 aromatic carbocycles. The highest BCUT2D eigenvalue weighted by Crippen LogP contribution is 2.42. The van der Waals surface area contributed by atoms with Gasteiger partial charge in [-0.05, 0) is 60.8 Å². The second-order valence-electron chi connectivity index (χ2n) is 7.43. The lowest BCUT2D eigenvalue weighted by Crippen LogP contribution is -2.41. The number of hydrogen-bond acceptors (Lipinski definition) is 2. The number of alkyl carbamates (subject to hydrolysis) is 1. The van der Waals surface area contributed by atoms with Crippen LogP contribution < -0.4 is 5.32 Å². The Balaban J connectivity index is 1.65. The molecule has 0 aliphatic heterocycles. The Hall–Kier alpha value is -2.62. The molecule has 0 aromatic heterocycles. The SMILES string of the molecule is C=CCC[C@@H](NC(=O)OCc1ccccc1)C1CCCC1c1ccc(F)cc1. The Morgan fingerprint density at radius 2 is 1.93 bits per heavy atom. The van der Waals surface area contributed by atoms with E-state index in [2.05, 4.69) is 11.9 Å². The van der Waals surface area contributed by atoms with Crippen LogP contribution in [0.5, 0.6) is 0 Å². The summed E-state index contributed by atoms with van der Waals surface area (Å²) in [5.74, 6) is 0.420. The van der Waals surface area contributed by atoms with Gasteiger partial charge in [-0.15, -0.1) is 6.58 Å². The molecule has 1 fully saturated rings. The molecule has 28 heavy (non-hydrogen) atoms. The maximum absolute atomic E-state index is 13.3. The smallest absolute Gasteiger partial charge is 0.407 e. The Kier molecular flexibility index (Phi) is 7.24. The van der Waals surface area contributed by atoms with Crippen molar-refractivity contribution in [3.8, 4) is 0 Å². The minimum Gasteiger partial charge on any atom is -0.445 e. The van der Waals surface area contributed by atoms with Crippen molar-refractivity contribution in [3.63, 3.8) is 0 Å². The van der Waals surface area contributed by atoms with E-state index in [0.29, 0.717) is 11.8 Å². The quantitative estimate of drug-likeness (QED) is 0.572. The van der Waals surface area contributed by atoms with Crippen LogP contribution in [0.25, 0.3) is 0 Å². The Bertz CT molecular complexity index is 760. The maximum atomic E-state index is 13.3. The lowest BCUT2D eigenvalue weighted by atomic mass is 9.82. The summed E-state index contributed by atoms with van der Waals surface area (Å²) in [7, 11) is 0. The molecular weight excluding hydrogens is 353 g/mol. The number of ether oxygens (including phenoxy) is 1. The van der Waals surface area contributed by atoms with Gasteiger partial charge in [0.1, 0.15) is 12.4 Å². The van der Waals surface area contributed by atoms with Crippen molar-refractivity contribution in [2.75, 3.05) is 0 Å². The lowest BCUT2D eigenvalue weighted by Gasteiger charge is -2.29. The molecule has 3 rings (SSSR count). The van der Waals surface area contributed by atoms with E-state index in [9.17, 15) is 9.18 Å². The molecule has 0 radical (unpaired) electrons. The molecule has 1 aliphatic carbocycles. The molecule has 148 valence electrons. The average molecular weight is 381 g/mol. The summed E-state index contributed by atoms with van der Waals surface area (Å²) in [4.78, 5) is 12.4. The van der Waals surface area contributed by atoms with Crippen LogP contribution in [0.1, 0.15) is 49.1 Å². The Labute approximate surface area is 166 Å². The molecule has 4 heteroatoms. The first-order valence-corrected chi connectivity index (χ1v) is 10.0. The van der Waals surface area contributed by atoms with Gasteiger partial charge in [0.25, 0.3) is 0 Å². The van der Waals surface area contributed by atoms with Crippen LogP contribution in [-0.2, 0) is 11.3 Å². The van der Waals surface area contributed by atoms with E-state index < -0.39 is 0 Å². The number of hydrogen-bond donors (Lipinski definition) is 1. The summed E-state index contributed by atoms with van der Waals surface area (Å²) in [6.07, 6.45) is 6.36. The van der Waals surface area contributed by atoms with Gasteiger partial charge in [-0.3, -0.25) is 0 Å². The molecule has 2 unspecified atom stereocenters. The lowest BCUT2D eigenvalue weighted by molar-refractivity contribution is 0.130. The first-order valence-electron chi connectivity index (χ1n) is 10.0. The fourth-order valence-electron chi connectivity index (χ4n) is 4.20. The van der Waals surface area contributed by atoms with Crippen LogP contribution in [0, 0.1) is 11.7 Å². The standard InChI is InChI=1S/C24H28FNO2/c1-2-3-12-23(26-24(27)28-17-18-8-5-4-6-9-18)22-11-7-10-21(22)19-13-15-20(25)16-14-19/h2,4-6,8-9,13-16,21-23H,1,3,7,10-12,17H2,(H,26,27)/t21?,22?,23-/m1/s1. The van der Waals surface area contributed by atoms with E-state index in [1.807, 2.05) is 48.5 Å². The first-order chi connectivity index (χ1) is 13.7. The molecule has 1 saturated carbocycles. The van der Waals surface area contributed by atoms with Crippen molar-refractivity contribution < 1.29 is 13.9 Å². The second kappa shape index (κ2) is 10.1. The second-order valence-corrected chi connectivity index (χ2v) is 7.43. The predicted molar refractivity (Wildman–Crippen MR) is 109 cm³/mol. The zero-order chi connectivity index (χ0) is 19.8. The predicted octanol–water partition coefficient (Wildman–Crippen LogP) is 5.97. The highest BCUT2D eigenvalue weighted by atomic mass is 19.1. The van der Waals surface area contributed by atoms with Crippen LogP contribution in [0.15, 0.2) is 67.3 Å². The molecule has 2 aromatic rings. The number of rotatable bonds is 8. The van der Waals surface area contributed by atoms with Crippen LogP contribution in [0.4, 0.5) is 9.18 Å². The van der Waals surface area contributed by atoms with Crippen molar-refractivity contribution in [2.45, 2.75) is 50.7 Å². The summed E-state index contributed by atoms with van der Waals surface area (Å²) >= 11 is 0. The third kappa shape index (κ3) is 5.44. The third-order valence-corrected chi connectivity index (χ3v) is 5.58. The van der Waals surface area contributed by atoms with E-state index >= 15 is 0 Å². The van der Waals surface area contributed by atoms with Crippen molar-refractivity contribution in [1.82, 2.24) is 5.32 Å². The normalized spacial score (nSPS) is 19.8. The highest BCUT2D eigenvalue weighted by Gasteiger charge is 2.35. The Morgan fingerprint density at radius 3 is 2.64 bits per heavy atom. The number of benzene rings is 2. The third-order valence-electron chi connectivity index (χ3n) is 5.58. The number of carbonyl (C=O) groups excluding carboxylic acids is 1. The first kappa shape index (κ1) is 20.1. The summed E-state index contributed by atoms with van der Waals surface area (Å²) in [6, 6.07) is 16.4. The van der Waals surface area contributed by atoms with Gasteiger partial charge in [0.15, 0.2) is 0 Å². The molecule has 0 heterocycles. The van der Waals surface area contributed by atoms with Gasteiger partial charge in [-0.25, -0.2) is 9.18 Å². The van der Waals surface area contributed by atoms with Gasteiger partial charge in [0, 0.05) is 6.04 Å². The number of amides is 1. The summed E-state index contributed by atoms with van der Waals surface area (Å²) in [5.41, 5.74) is 2.11. The monoisotopic (exact) mass is 381 g/mol. The zero-order valence-corrected chi connectivity index (χ0v) is 16.1. The number of halogens is 1. The van der Waals surface area contributed by atoms with Gasteiger partial charge < -0.3 is 10.1 Å². The average Bonchev–Trinajstić information content (AvgIpc) is 3.20. The van der Waals surface area contributed by atoms with Gasteiger partial charge >= 0.3 is 6.09 Å². The van der Waals surface area contributed by atoms with E-state index in [1.54, 1.807) is 0 Å². The van der Waals surface area contributed by atoms with Crippen LogP contribution in [0.3, 0.4) is 0 Å². The van der Waals surface area contributed by atoms with Crippen molar-refractivity contribution in [3.05, 3.63) is 84.2 Å². The van der Waals surface area contributed by atoms with Gasteiger partial charge in [-0.1, -0.05) is 55.0 Å². The molecule has 3 atom stereocenters. The van der Waals surface area contributed by atoms with E-state index in [4.69, 9.17) is 4.74 Å². The van der Waals surface area contributed by atoms with Crippen molar-refractivity contribution >= 4 is 6.09 Å². The van der Waals surface area contributed by atoms with Gasteiger partial charge in [0.2, 0.25) is 0 Å². The number of nitrogens with one attached hydrogen (secondary N) is 1. The van der Waals surface area contributed by atoms with Crippen molar-refractivity contribution in [2.24, 2.45) is 5.92 Å². The summed E-state index contributed by atoms with van der Waals surface area (Å²) in [5, 5.41) is 3.09. The fourth-order valence-corrected chi connectivity index (χ4v) is 4.20. The largest absolute Gasteiger partial charge is 0.445 e. The molecule has 1 amide bonds. The Morgan fingerprint density at radius 1 is 1.18 bits per heavy atom.